The van der Waals surface area contributed by atoms with Gasteiger partial charge in [-0.1, -0.05) is 36.9 Å². The quantitative estimate of drug-likeness (QED) is 0.672. The Balaban J connectivity index is 1.93. The van der Waals surface area contributed by atoms with Gasteiger partial charge in [-0.3, -0.25) is 0 Å². The van der Waals surface area contributed by atoms with Crippen LogP contribution in [0.2, 0.25) is 5.02 Å². The molecule has 1 aromatic carbocycles. The summed E-state index contributed by atoms with van der Waals surface area (Å²) in [5, 5.41) is 0.391. The Labute approximate surface area is 112 Å². The number of rotatable bonds is 3. The summed E-state index contributed by atoms with van der Waals surface area (Å²) in [6.45, 7) is 0.491. The van der Waals surface area contributed by atoms with Crippen LogP contribution in [0.5, 0.6) is 0 Å². The van der Waals surface area contributed by atoms with Crippen LogP contribution in [0.1, 0.15) is 42.5 Å². The summed E-state index contributed by atoms with van der Waals surface area (Å²) in [5.41, 5.74) is 6.42. The number of carbonyl (C=O) groups excluding carboxylic acids is 1. The van der Waals surface area contributed by atoms with Gasteiger partial charge in [-0.05, 0) is 30.9 Å². The average Bonchev–Trinajstić information content (AvgIpc) is 2.40. The molecule has 1 aliphatic carbocycles. The Morgan fingerprint density at radius 3 is 2.78 bits per heavy atom. The van der Waals surface area contributed by atoms with Crippen molar-refractivity contribution in [1.82, 2.24) is 0 Å². The Morgan fingerprint density at radius 1 is 1.33 bits per heavy atom. The number of carbonyl (C=O) groups is 1. The van der Waals surface area contributed by atoms with E-state index in [0.29, 0.717) is 28.8 Å². The number of esters is 1. The maximum atomic E-state index is 11.9. The van der Waals surface area contributed by atoms with Gasteiger partial charge in [0.05, 0.1) is 22.9 Å². The smallest absolute Gasteiger partial charge is 0.340 e. The van der Waals surface area contributed by atoms with Gasteiger partial charge in [0.25, 0.3) is 0 Å². The number of nitrogen functional groups attached to an aromatic ring is 1. The topological polar surface area (TPSA) is 52.3 Å². The van der Waals surface area contributed by atoms with E-state index in [4.69, 9.17) is 22.1 Å². The molecule has 0 amide bonds. The summed E-state index contributed by atoms with van der Waals surface area (Å²) < 4.78 is 5.33. The van der Waals surface area contributed by atoms with Gasteiger partial charge in [0.15, 0.2) is 0 Å². The number of hydrogen-bond donors (Lipinski definition) is 1. The molecule has 18 heavy (non-hydrogen) atoms. The zero-order valence-electron chi connectivity index (χ0n) is 10.3. The van der Waals surface area contributed by atoms with Gasteiger partial charge >= 0.3 is 5.97 Å². The molecule has 0 radical (unpaired) electrons. The minimum atomic E-state index is -0.374. The number of ether oxygens (including phenoxy) is 1. The molecule has 0 bridgehead atoms. The van der Waals surface area contributed by atoms with Crippen LogP contribution in [-0.2, 0) is 4.74 Å². The molecule has 0 atom stereocenters. The fourth-order valence-electron chi connectivity index (χ4n) is 2.34. The standard InChI is InChI=1S/C14H18ClNO2/c15-12-8-4-7-11(13(12)16)14(17)18-9-10-5-2-1-3-6-10/h4,7-8,10H,1-3,5-6,9,16H2. The van der Waals surface area contributed by atoms with E-state index in [1.165, 1.54) is 19.3 Å². The van der Waals surface area contributed by atoms with Crippen molar-refractivity contribution in [2.24, 2.45) is 5.92 Å². The predicted octanol–water partition coefficient (Wildman–Crippen LogP) is 3.66. The van der Waals surface area contributed by atoms with Crippen molar-refractivity contribution < 1.29 is 9.53 Å². The summed E-state index contributed by atoms with van der Waals surface area (Å²) in [6.07, 6.45) is 6.07. The largest absolute Gasteiger partial charge is 0.462 e. The summed E-state index contributed by atoms with van der Waals surface area (Å²) in [7, 11) is 0. The average molecular weight is 268 g/mol. The van der Waals surface area contributed by atoms with Crippen molar-refractivity contribution in [2.45, 2.75) is 32.1 Å². The second-order valence-corrected chi connectivity index (χ2v) is 5.21. The van der Waals surface area contributed by atoms with Crippen LogP contribution in [0.3, 0.4) is 0 Å². The Hall–Kier alpha value is -1.22. The van der Waals surface area contributed by atoms with Crippen LogP contribution in [0, 0.1) is 5.92 Å². The normalized spacial score (nSPS) is 16.5. The van der Waals surface area contributed by atoms with Crippen molar-refractivity contribution in [1.29, 1.82) is 0 Å². The van der Waals surface area contributed by atoms with E-state index in [1.807, 2.05) is 0 Å². The van der Waals surface area contributed by atoms with E-state index in [1.54, 1.807) is 18.2 Å². The number of hydrogen-bond acceptors (Lipinski definition) is 3. The van der Waals surface area contributed by atoms with Gasteiger partial charge in [0, 0.05) is 0 Å². The van der Waals surface area contributed by atoms with E-state index < -0.39 is 0 Å². The van der Waals surface area contributed by atoms with E-state index in [-0.39, 0.29) is 5.97 Å². The molecule has 0 unspecified atom stereocenters. The Kier molecular flexibility index (Phi) is 4.48. The fraction of sp³-hybridized carbons (Fsp3) is 0.500. The molecule has 4 heteroatoms. The molecule has 98 valence electrons. The van der Waals surface area contributed by atoms with Gasteiger partial charge in [0.2, 0.25) is 0 Å². The van der Waals surface area contributed by atoms with Gasteiger partial charge in [-0.15, -0.1) is 0 Å². The number of para-hydroxylation sites is 1. The van der Waals surface area contributed by atoms with Crippen molar-refractivity contribution in [2.75, 3.05) is 12.3 Å². The highest BCUT2D eigenvalue weighted by molar-refractivity contribution is 6.33. The first-order chi connectivity index (χ1) is 8.68. The summed E-state index contributed by atoms with van der Waals surface area (Å²) in [4.78, 5) is 11.9. The monoisotopic (exact) mass is 267 g/mol. The number of benzene rings is 1. The lowest BCUT2D eigenvalue weighted by Crippen LogP contribution is -2.17. The number of anilines is 1. The van der Waals surface area contributed by atoms with Gasteiger partial charge in [0.1, 0.15) is 0 Å². The molecule has 0 saturated heterocycles. The zero-order chi connectivity index (χ0) is 13.0. The highest BCUT2D eigenvalue weighted by Crippen LogP contribution is 2.26. The molecular formula is C14H18ClNO2. The molecule has 1 aromatic rings. The molecular weight excluding hydrogens is 250 g/mol. The van der Waals surface area contributed by atoms with Gasteiger partial charge < -0.3 is 10.5 Å². The molecule has 0 aromatic heterocycles. The SMILES string of the molecule is Nc1c(Cl)cccc1C(=O)OCC1CCCCC1. The minimum absolute atomic E-state index is 0.299. The molecule has 2 N–H and O–H groups in total. The molecule has 2 rings (SSSR count). The lowest BCUT2D eigenvalue weighted by molar-refractivity contribution is 0.0411. The number of nitrogens with two attached hydrogens (primary N) is 1. The van der Waals surface area contributed by atoms with Crippen molar-refractivity contribution in [3.63, 3.8) is 0 Å². The first-order valence-corrected chi connectivity index (χ1v) is 6.77. The molecule has 0 aliphatic heterocycles. The number of halogens is 1. The Morgan fingerprint density at radius 2 is 2.06 bits per heavy atom. The summed E-state index contributed by atoms with van der Waals surface area (Å²) in [5.74, 6) is 0.128. The van der Waals surface area contributed by atoms with Crippen LogP contribution in [0.15, 0.2) is 18.2 Å². The molecule has 0 spiro atoms. The fourth-order valence-corrected chi connectivity index (χ4v) is 2.51. The van der Waals surface area contributed by atoms with E-state index in [2.05, 4.69) is 0 Å². The highest BCUT2D eigenvalue weighted by Gasteiger charge is 2.18. The maximum absolute atomic E-state index is 11.9. The van der Waals surface area contributed by atoms with Crippen LogP contribution in [0.4, 0.5) is 5.69 Å². The maximum Gasteiger partial charge on any atom is 0.340 e. The third-order valence-electron chi connectivity index (χ3n) is 3.45. The third kappa shape index (κ3) is 3.16. The van der Waals surface area contributed by atoms with Gasteiger partial charge in [-0.2, -0.15) is 0 Å². The lowest BCUT2D eigenvalue weighted by Gasteiger charge is -2.21. The molecule has 3 nitrogen and oxygen atoms in total. The summed E-state index contributed by atoms with van der Waals surface area (Å²) >= 11 is 5.87. The van der Waals surface area contributed by atoms with Crippen LogP contribution >= 0.6 is 11.6 Å². The zero-order valence-corrected chi connectivity index (χ0v) is 11.1. The minimum Gasteiger partial charge on any atom is -0.462 e. The molecule has 1 aliphatic rings. The van der Waals surface area contributed by atoms with E-state index in [0.717, 1.165) is 12.8 Å². The van der Waals surface area contributed by atoms with E-state index in [9.17, 15) is 4.79 Å². The lowest BCUT2D eigenvalue weighted by atomic mass is 9.90. The van der Waals surface area contributed by atoms with Crippen LogP contribution in [-0.4, -0.2) is 12.6 Å². The second kappa shape index (κ2) is 6.10. The second-order valence-electron chi connectivity index (χ2n) is 4.80. The predicted molar refractivity (Wildman–Crippen MR) is 72.7 cm³/mol. The third-order valence-corrected chi connectivity index (χ3v) is 3.78. The molecule has 0 heterocycles. The molecule has 1 fully saturated rings. The molecule has 1 saturated carbocycles. The Bertz CT molecular complexity index is 428. The van der Waals surface area contributed by atoms with Crippen LogP contribution < -0.4 is 5.73 Å². The van der Waals surface area contributed by atoms with Gasteiger partial charge in [-0.25, -0.2) is 4.79 Å². The highest BCUT2D eigenvalue weighted by atomic mass is 35.5. The van der Waals surface area contributed by atoms with Crippen molar-refractivity contribution in [3.05, 3.63) is 28.8 Å². The van der Waals surface area contributed by atoms with Crippen molar-refractivity contribution >= 4 is 23.3 Å². The first kappa shape index (κ1) is 13.2. The first-order valence-electron chi connectivity index (χ1n) is 6.39. The van der Waals surface area contributed by atoms with E-state index >= 15 is 0 Å². The van der Waals surface area contributed by atoms with Crippen LogP contribution in [0.25, 0.3) is 0 Å². The summed E-state index contributed by atoms with van der Waals surface area (Å²) in [6, 6.07) is 5.01. The van der Waals surface area contributed by atoms with Crippen molar-refractivity contribution in [3.8, 4) is 0 Å².